The molecule has 2 nitrogen and oxygen atoms in total. The minimum Gasteiger partial charge on any atom is -0.329 e. The predicted octanol–water partition coefficient (Wildman–Crippen LogP) is 4.43. The molecule has 1 aliphatic rings. The van der Waals surface area contributed by atoms with Crippen LogP contribution in [0.1, 0.15) is 80.1 Å². The van der Waals surface area contributed by atoms with Crippen LogP contribution in [0.4, 0.5) is 0 Å². The Morgan fingerprint density at radius 2 is 1.90 bits per heavy atom. The van der Waals surface area contributed by atoms with Crippen molar-refractivity contribution in [3.63, 3.8) is 0 Å². The summed E-state index contributed by atoms with van der Waals surface area (Å²) < 4.78 is 0. The van der Waals surface area contributed by atoms with Gasteiger partial charge in [0.2, 0.25) is 0 Å². The van der Waals surface area contributed by atoms with E-state index in [1.165, 1.54) is 45.1 Å². The van der Waals surface area contributed by atoms with Gasteiger partial charge in [-0.1, -0.05) is 41.0 Å². The topological polar surface area (TPSA) is 29.3 Å². The molecular formula is C18H38N2. The molecule has 0 aromatic carbocycles. The molecule has 120 valence electrons. The third-order valence-electron chi connectivity index (χ3n) is 5.81. The Balaban J connectivity index is 2.98. The maximum absolute atomic E-state index is 6.34. The zero-order chi connectivity index (χ0) is 15.4. The van der Waals surface area contributed by atoms with Crippen LogP contribution in [-0.2, 0) is 0 Å². The molecule has 0 aromatic rings. The van der Waals surface area contributed by atoms with Crippen LogP contribution in [-0.4, -0.2) is 29.6 Å². The van der Waals surface area contributed by atoms with Gasteiger partial charge in [0, 0.05) is 18.1 Å². The number of nitrogens with zero attached hydrogens (tertiary/aromatic N) is 1. The summed E-state index contributed by atoms with van der Waals surface area (Å²) in [6, 6.07) is 0.647. The van der Waals surface area contributed by atoms with Crippen molar-refractivity contribution >= 4 is 0 Å². The molecule has 3 unspecified atom stereocenters. The van der Waals surface area contributed by atoms with Crippen LogP contribution in [0.15, 0.2) is 0 Å². The summed E-state index contributed by atoms with van der Waals surface area (Å²) in [6.07, 6.45) is 7.68. The smallest absolute Gasteiger partial charge is 0.0360 e. The van der Waals surface area contributed by atoms with E-state index in [1.54, 1.807) is 0 Å². The number of rotatable bonds is 7. The second kappa shape index (κ2) is 7.26. The quantitative estimate of drug-likeness (QED) is 0.748. The van der Waals surface area contributed by atoms with Gasteiger partial charge in [-0.2, -0.15) is 0 Å². The van der Waals surface area contributed by atoms with Crippen molar-refractivity contribution in [1.82, 2.24) is 4.90 Å². The molecule has 0 bridgehead atoms. The molecule has 20 heavy (non-hydrogen) atoms. The average molecular weight is 283 g/mol. The van der Waals surface area contributed by atoms with Gasteiger partial charge in [-0.15, -0.1) is 0 Å². The zero-order valence-corrected chi connectivity index (χ0v) is 14.8. The van der Waals surface area contributed by atoms with E-state index in [9.17, 15) is 0 Å². The summed E-state index contributed by atoms with van der Waals surface area (Å²) in [6.45, 7) is 16.3. The highest BCUT2D eigenvalue weighted by atomic mass is 15.2. The van der Waals surface area contributed by atoms with E-state index in [-0.39, 0.29) is 5.54 Å². The van der Waals surface area contributed by atoms with Crippen molar-refractivity contribution < 1.29 is 0 Å². The van der Waals surface area contributed by atoms with Crippen LogP contribution in [0.3, 0.4) is 0 Å². The molecule has 0 heterocycles. The molecule has 2 N–H and O–H groups in total. The zero-order valence-electron chi connectivity index (χ0n) is 14.8. The fourth-order valence-electron chi connectivity index (χ4n) is 4.20. The molecule has 1 fully saturated rings. The second-order valence-electron chi connectivity index (χ2n) is 7.88. The maximum Gasteiger partial charge on any atom is 0.0360 e. The maximum atomic E-state index is 6.34. The normalized spacial score (nSPS) is 31.5. The molecule has 1 saturated carbocycles. The van der Waals surface area contributed by atoms with Gasteiger partial charge < -0.3 is 5.73 Å². The Kier molecular flexibility index (Phi) is 6.53. The first-order chi connectivity index (χ1) is 9.33. The number of hydrogen-bond donors (Lipinski definition) is 1. The minimum absolute atomic E-state index is 0.236. The summed E-state index contributed by atoms with van der Waals surface area (Å²) >= 11 is 0. The Morgan fingerprint density at radius 3 is 2.35 bits per heavy atom. The first-order valence-corrected chi connectivity index (χ1v) is 8.79. The molecule has 0 aliphatic heterocycles. The molecule has 0 saturated heterocycles. The van der Waals surface area contributed by atoms with Crippen molar-refractivity contribution in [3.8, 4) is 0 Å². The largest absolute Gasteiger partial charge is 0.329 e. The van der Waals surface area contributed by atoms with E-state index < -0.39 is 0 Å². The highest BCUT2D eigenvalue weighted by Gasteiger charge is 2.47. The van der Waals surface area contributed by atoms with E-state index in [2.05, 4.69) is 46.4 Å². The highest BCUT2D eigenvalue weighted by molar-refractivity contribution is 5.03. The lowest BCUT2D eigenvalue weighted by Gasteiger charge is -2.55. The standard InChI is InChI=1S/C18H38N2/c1-7-9-12-20(16(4)8-2)18(14-19)11-10-17(5,6)13-15(18)3/h15-16H,7-14,19H2,1-6H3. The lowest BCUT2D eigenvalue weighted by molar-refractivity contribution is -0.0445. The van der Waals surface area contributed by atoms with Crippen LogP contribution < -0.4 is 5.73 Å². The molecule has 2 heteroatoms. The third kappa shape index (κ3) is 3.76. The van der Waals surface area contributed by atoms with Crippen LogP contribution in [0.5, 0.6) is 0 Å². The Bertz CT molecular complexity index is 287. The van der Waals surface area contributed by atoms with Gasteiger partial charge in [-0.3, -0.25) is 4.90 Å². The van der Waals surface area contributed by atoms with Gasteiger partial charge in [0.1, 0.15) is 0 Å². The number of unbranched alkanes of at least 4 members (excludes halogenated alkanes) is 1. The summed E-state index contributed by atoms with van der Waals surface area (Å²) in [5.74, 6) is 0.696. The van der Waals surface area contributed by atoms with Crippen LogP contribution in [0.2, 0.25) is 0 Å². The van der Waals surface area contributed by atoms with Crippen LogP contribution in [0, 0.1) is 11.3 Å². The molecule has 0 radical (unpaired) electrons. The summed E-state index contributed by atoms with van der Waals surface area (Å²) in [5, 5.41) is 0. The van der Waals surface area contributed by atoms with Gasteiger partial charge in [0.15, 0.2) is 0 Å². The van der Waals surface area contributed by atoms with Crippen LogP contribution >= 0.6 is 0 Å². The van der Waals surface area contributed by atoms with Gasteiger partial charge in [0.25, 0.3) is 0 Å². The average Bonchev–Trinajstić information content (AvgIpc) is 2.40. The molecule has 3 atom stereocenters. The fraction of sp³-hybridized carbons (Fsp3) is 1.00. The lowest BCUT2D eigenvalue weighted by Crippen LogP contribution is -2.63. The highest BCUT2D eigenvalue weighted by Crippen LogP contribution is 2.47. The van der Waals surface area contributed by atoms with Crippen molar-refractivity contribution in [2.24, 2.45) is 17.1 Å². The van der Waals surface area contributed by atoms with Gasteiger partial charge >= 0.3 is 0 Å². The van der Waals surface area contributed by atoms with E-state index >= 15 is 0 Å². The Morgan fingerprint density at radius 1 is 1.25 bits per heavy atom. The minimum atomic E-state index is 0.236. The molecular weight excluding hydrogens is 244 g/mol. The fourth-order valence-corrected chi connectivity index (χ4v) is 4.20. The van der Waals surface area contributed by atoms with Crippen molar-refractivity contribution in [1.29, 1.82) is 0 Å². The lowest BCUT2D eigenvalue weighted by atomic mass is 9.62. The van der Waals surface area contributed by atoms with Gasteiger partial charge in [-0.05, 0) is 56.9 Å². The summed E-state index contributed by atoms with van der Waals surface area (Å²) in [4.78, 5) is 2.77. The van der Waals surface area contributed by atoms with Crippen molar-refractivity contribution in [2.45, 2.75) is 91.6 Å². The Labute approximate surface area is 127 Å². The number of nitrogens with two attached hydrogens (primary N) is 1. The van der Waals surface area contributed by atoms with Crippen molar-refractivity contribution in [3.05, 3.63) is 0 Å². The Hall–Kier alpha value is -0.0800. The first kappa shape index (κ1) is 18.0. The molecule has 1 aliphatic carbocycles. The number of hydrogen-bond acceptors (Lipinski definition) is 2. The molecule has 1 rings (SSSR count). The van der Waals surface area contributed by atoms with Crippen molar-refractivity contribution in [2.75, 3.05) is 13.1 Å². The molecule has 0 spiro atoms. The predicted molar refractivity (Wildman–Crippen MR) is 89.9 cm³/mol. The van der Waals surface area contributed by atoms with E-state index in [0.29, 0.717) is 17.4 Å². The summed E-state index contributed by atoms with van der Waals surface area (Å²) in [5.41, 5.74) is 7.07. The van der Waals surface area contributed by atoms with E-state index in [4.69, 9.17) is 5.73 Å². The monoisotopic (exact) mass is 282 g/mol. The summed E-state index contributed by atoms with van der Waals surface area (Å²) in [7, 11) is 0. The SMILES string of the molecule is CCCCN(C(C)CC)C1(CN)CCC(C)(C)CC1C. The molecule has 0 amide bonds. The second-order valence-corrected chi connectivity index (χ2v) is 7.88. The van der Waals surface area contributed by atoms with E-state index in [0.717, 1.165) is 6.54 Å². The van der Waals surface area contributed by atoms with Crippen LogP contribution in [0.25, 0.3) is 0 Å². The molecule has 0 aromatic heterocycles. The third-order valence-corrected chi connectivity index (χ3v) is 5.81. The van der Waals surface area contributed by atoms with Gasteiger partial charge in [0.05, 0.1) is 0 Å². The first-order valence-electron chi connectivity index (χ1n) is 8.79. The van der Waals surface area contributed by atoms with Gasteiger partial charge in [-0.25, -0.2) is 0 Å². The van der Waals surface area contributed by atoms with E-state index in [1.807, 2.05) is 0 Å².